The smallest absolute Gasteiger partial charge is 0.226 e. The van der Waals surface area contributed by atoms with Gasteiger partial charge in [0, 0.05) is 50.3 Å². The first-order chi connectivity index (χ1) is 10.7. The zero-order valence-electron chi connectivity index (χ0n) is 13.2. The van der Waals surface area contributed by atoms with E-state index in [9.17, 15) is 4.79 Å². The lowest BCUT2D eigenvalue weighted by Crippen LogP contribution is -2.41. The van der Waals surface area contributed by atoms with Crippen LogP contribution in [0, 0.1) is 17.8 Å². The van der Waals surface area contributed by atoms with Crippen LogP contribution in [0.3, 0.4) is 0 Å². The first-order valence-electron chi connectivity index (χ1n) is 8.15. The lowest BCUT2D eigenvalue weighted by Gasteiger charge is -2.32. The molecule has 2 fully saturated rings. The predicted octanol–water partition coefficient (Wildman–Crippen LogP) is 0.775. The maximum Gasteiger partial charge on any atom is 0.226 e. The van der Waals surface area contributed by atoms with E-state index in [0.29, 0.717) is 37.5 Å². The second-order valence-electron chi connectivity index (χ2n) is 6.68. The van der Waals surface area contributed by atoms with Crippen LogP contribution in [0.25, 0.3) is 0 Å². The van der Waals surface area contributed by atoms with Gasteiger partial charge in [0.15, 0.2) is 0 Å². The van der Waals surface area contributed by atoms with Crippen molar-refractivity contribution in [2.75, 3.05) is 33.0 Å². The fourth-order valence-corrected chi connectivity index (χ4v) is 4.02. The number of carbonyl (C=O) groups is 1. The normalized spacial score (nSPS) is 32.7. The molecule has 0 spiro atoms. The van der Waals surface area contributed by atoms with Gasteiger partial charge >= 0.3 is 0 Å². The lowest BCUT2D eigenvalue weighted by molar-refractivity contribution is -0.135. The number of amides is 1. The largest absolute Gasteiger partial charge is 0.381 e. The van der Waals surface area contributed by atoms with Crippen LogP contribution in [0.1, 0.15) is 24.1 Å². The van der Waals surface area contributed by atoms with E-state index in [-0.39, 0.29) is 11.8 Å². The Morgan fingerprint density at radius 2 is 2.23 bits per heavy atom. The minimum absolute atomic E-state index is 0.184. The lowest BCUT2D eigenvalue weighted by atomic mass is 9.96. The number of ether oxygens (including phenoxy) is 2. The van der Waals surface area contributed by atoms with E-state index in [1.54, 1.807) is 0 Å². The number of carbonyl (C=O) groups excluding carboxylic acids is 1. The van der Waals surface area contributed by atoms with Crippen LogP contribution >= 0.6 is 0 Å². The fraction of sp³-hybridized carbons (Fsp3) is 0.750. The summed E-state index contributed by atoms with van der Waals surface area (Å²) in [6.07, 6.45) is 2.03. The number of rotatable bonds is 4. The Morgan fingerprint density at radius 3 is 2.95 bits per heavy atom. The average molecular weight is 305 g/mol. The summed E-state index contributed by atoms with van der Waals surface area (Å²) < 4.78 is 12.9. The first-order valence-corrected chi connectivity index (χ1v) is 8.15. The van der Waals surface area contributed by atoms with Gasteiger partial charge in [0.05, 0.1) is 25.5 Å². The minimum Gasteiger partial charge on any atom is -0.381 e. The Morgan fingerprint density at radius 1 is 1.45 bits per heavy atom. The van der Waals surface area contributed by atoms with E-state index in [4.69, 9.17) is 9.47 Å². The van der Waals surface area contributed by atoms with Crippen LogP contribution in [0.4, 0.5) is 0 Å². The van der Waals surface area contributed by atoms with E-state index in [1.807, 2.05) is 29.7 Å². The molecule has 1 saturated carbocycles. The molecule has 1 saturated heterocycles. The number of fused-ring (bicyclic) bond motifs is 2. The molecule has 6 nitrogen and oxygen atoms in total. The SMILES string of the molecule is CCOCC1CN(C(=O)C2[C@H]3COC[C@@H]23)Cc2cn(C)nc21. The van der Waals surface area contributed by atoms with Crippen molar-refractivity contribution in [3.63, 3.8) is 0 Å². The molecule has 0 bridgehead atoms. The van der Waals surface area contributed by atoms with Crippen molar-refractivity contribution in [3.8, 4) is 0 Å². The predicted molar refractivity (Wildman–Crippen MR) is 79.1 cm³/mol. The molecule has 1 amide bonds. The standard InChI is InChI=1S/C16H23N3O3/c1-3-21-7-11-6-19(5-10-4-18(2)17-15(10)11)16(20)14-12-8-22-9-13(12)14/h4,11-14H,3,5-9H2,1-2H3/t11?,12-,13+,14?. The molecule has 3 aliphatic rings. The molecule has 6 heteroatoms. The summed E-state index contributed by atoms with van der Waals surface area (Å²) >= 11 is 0. The van der Waals surface area contributed by atoms with Gasteiger partial charge in [-0.1, -0.05) is 0 Å². The minimum atomic E-state index is 0.184. The first kappa shape index (κ1) is 14.2. The topological polar surface area (TPSA) is 56.6 Å². The molecule has 1 aromatic rings. The quantitative estimate of drug-likeness (QED) is 0.825. The monoisotopic (exact) mass is 305 g/mol. The highest BCUT2D eigenvalue weighted by molar-refractivity contribution is 5.83. The second kappa shape index (κ2) is 5.35. The molecule has 2 unspecified atom stereocenters. The van der Waals surface area contributed by atoms with Gasteiger partial charge in [-0.3, -0.25) is 9.48 Å². The number of nitrogens with zero attached hydrogens (tertiary/aromatic N) is 3. The molecule has 1 aliphatic carbocycles. The highest BCUT2D eigenvalue weighted by atomic mass is 16.5. The Kier molecular flexibility index (Phi) is 3.46. The molecule has 3 heterocycles. The van der Waals surface area contributed by atoms with Gasteiger partial charge in [0.25, 0.3) is 0 Å². The molecule has 0 aromatic carbocycles. The molecule has 0 N–H and O–H groups in total. The maximum atomic E-state index is 12.8. The Bertz CT molecular complexity index is 575. The molecule has 4 atom stereocenters. The van der Waals surface area contributed by atoms with E-state index < -0.39 is 0 Å². The van der Waals surface area contributed by atoms with E-state index >= 15 is 0 Å². The van der Waals surface area contributed by atoms with Crippen molar-refractivity contribution in [1.82, 2.24) is 14.7 Å². The zero-order valence-corrected chi connectivity index (χ0v) is 13.2. The fourth-order valence-electron chi connectivity index (χ4n) is 4.02. The van der Waals surface area contributed by atoms with Gasteiger partial charge in [0.1, 0.15) is 0 Å². The summed E-state index contributed by atoms with van der Waals surface area (Å²) in [5.74, 6) is 1.61. The van der Waals surface area contributed by atoms with Crippen molar-refractivity contribution in [2.24, 2.45) is 24.8 Å². The van der Waals surface area contributed by atoms with Crippen molar-refractivity contribution in [1.29, 1.82) is 0 Å². The molecule has 120 valence electrons. The van der Waals surface area contributed by atoms with Crippen LogP contribution in [-0.2, 0) is 27.9 Å². The van der Waals surface area contributed by atoms with Gasteiger partial charge in [0.2, 0.25) is 5.91 Å². The Hall–Kier alpha value is -1.40. The summed E-state index contributed by atoms with van der Waals surface area (Å²) in [4.78, 5) is 14.8. The van der Waals surface area contributed by atoms with Gasteiger partial charge in [-0.15, -0.1) is 0 Å². The van der Waals surface area contributed by atoms with Gasteiger partial charge in [-0.2, -0.15) is 5.10 Å². The van der Waals surface area contributed by atoms with Crippen LogP contribution in [0.15, 0.2) is 6.20 Å². The summed E-state index contributed by atoms with van der Waals surface area (Å²) in [6.45, 7) is 6.24. The van der Waals surface area contributed by atoms with Crippen molar-refractivity contribution in [3.05, 3.63) is 17.5 Å². The number of aryl methyl sites for hydroxylation is 1. The molecule has 1 aromatic heterocycles. The number of aromatic nitrogens is 2. The third-order valence-corrected chi connectivity index (χ3v) is 5.20. The molecule has 22 heavy (non-hydrogen) atoms. The summed E-state index contributed by atoms with van der Waals surface area (Å²) in [6, 6.07) is 0. The summed E-state index contributed by atoms with van der Waals surface area (Å²) in [5.41, 5.74) is 2.26. The summed E-state index contributed by atoms with van der Waals surface area (Å²) in [5, 5.41) is 4.58. The third-order valence-electron chi connectivity index (χ3n) is 5.20. The Balaban J connectivity index is 1.51. The van der Waals surface area contributed by atoms with Crippen LogP contribution in [0.5, 0.6) is 0 Å². The van der Waals surface area contributed by atoms with E-state index in [0.717, 1.165) is 31.0 Å². The highest BCUT2D eigenvalue weighted by Gasteiger charge is 2.59. The average Bonchev–Trinajstić information content (AvgIpc) is 2.86. The maximum absolute atomic E-state index is 12.8. The molecule has 0 radical (unpaired) electrons. The van der Waals surface area contributed by atoms with Gasteiger partial charge in [-0.25, -0.2) is 0 Å². The molecule has 2 aliphatic heterocycles. The molecular formula is C16H23N3O3. The third kappa shape index (κ3) is 2.25. The van der Waals surface area contributed by atoms with Crippen molar-refractivity contribution in [2.45, 2.75) is 19.4 Å². The van der Waals surface area contributed by atoms with Crippen LogP contribution in [-0.4, -0.2) is 53.6 Å². The van der Waals surface area contributed by atoms with Gasteiger partial charge < -0.3 is 14.4 Å². The van der Waals surface area contributed by atoms with Crippen molar-refractivity contribution < 1.29 is 14.3 Å². The van der Waals surface area contributed by atoms with Crippen LogP contribution in [0.2, 0.25) is 0 Å². The van der Waals surface area contributed by atoms with Gasteiger partial charge in [-0.05, 0) is 18.8 Å². The summed E-state index contributed by atoms with van der Waals surface area (Å²) in [7, 11) is 1.94. The highest BCUT2D eigenvalue weighted by Crippen LogP contribution is 2.52. The zero-order chi connectivity index (χ0) is 15.3. The molecule has 4 rings (SSSR count). The Labute approximate surface area is 130 Å². The second-order valence-corrected chi connectivity index (χ2v) is 6.68. The van der Waals surface area contributed by atoms with E-state index in [2.05, 4.69) is 5.10 Å². The number of hydrogen-bond donors (Lipinski definition) is 0. The van der Waals surface area contributed by atoms with E-state index in [1.165, 1.54) is 0 Å². The van der Waals surface area contributed by atoms with Crippen LogP contribution < -0.4 is 0 Å². The number of hydrogen-bond acceptors (Lipinski definition) is 4. The molecular weight excluding hydrogens is 282 g/mol. The van der Waals surface area contributed by atoms with Crippen molar-refractivity contribution >= 4 is 5.91 Å².